The largest absolute Gasteiger partial charge is 0.438 e. The molecule has 0 aliphatic heterocycles. The van der Waals surface area contributed by atoms with Gasteiger partial charge in [-0.05, 0) is 29.2 Å². The molecule has 3 rings (SSSR count). The fraction of sp³-hybridized carbons (Fsp3) is 0.250. The van der Waals surface area contributed by atoms with Gasteiger partial charge in [0.05, 0.1) is 11.1 Å². The maximum atomic E-state index is 12.3. The fourth-order valence-electron chi connectivity index (χ4n) is 2.29. The number of aromatic nitrogens is 1. The summed E-state index contributed by atoms with van der Waals surface area (Å²) in [5.74, 6) is 0. The number of pyridine rings is 1. The first-order valence-corrected chi connectivity index (χ1v) is 6.46. The van der Waals surface area contributed by atoms with E-state index in [2.05, 4.69) is 20.8 Å². The molecule has 4 nitrogen and oxygen atoms in total. The molecule has 102 valence electrons. The highest BCUT2D eigenvalue weighted by molar-refractivity contribution is 5.81. The summed E-state index contributed by atoms with van der Waals surface area (Å²) in [7, 11) is 0. The van der Waals surface area contributed by atoms with Crippen LogP contribution in [0.1, 0.15) is 36.7 Å². The molecular formula is C16H15NO3. The molecule has 0 N–H and O–H groups in total. The van der Waals surface area contributed by atoms with Crippen LogP contribution in [0.5, 0.6) is 0 Å². The van der Waals surface area contributed by atoms with Crippen molar-refractivity contribution in [1.82, 2.24) is 4.40 Å². The lowest BCUT2D eigenvalue weighted by Crippen LogP contribution is -2.17. The first kappa shape index (κ1) is 12.7. The molecule has 2 aromatic heterocycles. The number of fused-ring (bicyclic) bond motifs is 3. The van der Waals surface area contributed by atoms with E-state index in [1.54, 1.807) is 6.07 Å². The number of hydrogen-bond donors (Lipinski definition) is 0. The summed E-state index contributed by atoms with van der Waals surface area (Å²) in [5.41, 5.74) is 2.65. The van der Waals surface area contributed by atoms with Crippen LogP contribution in [0.3, 0.4) is 0 Å². The van der Waals surface area contributed by atoms with Crippen molar-refractivity contribution in [3.05, 3.63) is 51.8 Å². The first-order chi connectivity index (χ1) is 9.41. The summed E-state index contributed by atoms with van der Waals surface area (Å²) in [5, 5.41) is 0. The molecule has 0 unspecified atom stereocenters. The van der Waals surface area contributed by atoms with Gasteiger partial charge >= 0.3 is 0 Å². The van der Waals surface area contributed by atoms with Gasteiger partial charge in [0.25, 0.3) is 5.56 Å². The molecule has 0 saturated heterocycles. The van der Waals surface area contributed by atoms with E-state index in [1.807, 2.05) is 18.2 Å². The minimum atomic E-state index is -0.345. The zero-order chi connectivity index (χ0) is 14.5. The highest BCUT2D eigenvalue weighted by Gasteiger charge is 2.17. The van der Waals surface area contributed by atoms with E-state index in [9.17, 15) is 9.59 Å². The van der Waals surface area contributed by atoms with Gasteiger partial charge in [-0.15, -0.1) is 0 Å². The van der Waals surface area contributed by atoms with E-state index in [1.165, 1.54) is 10.5 Å². The topological polar surface area (TPSA) is 51.7 Å². The van der Waals surface area contributed by atoms with Crippen molar-refractivity contribution in [3.63, 3.8) is 0 Å². The van der Waals surface area contributed by atoms with Crippen LogP contribution in [0.4, 0.5) is 0 Å². The number of nitrogens with zero attached hydrogens (tertiary/aromatic N) is 1. The molecule has 0 fully saturated rings. The minimum absolute atomic E-state index is 0.0241. The quantitative estimate of drug-likeness (QED) is 0.638. The van der Waals surface area contributed by atoms with Gasteiger partial charge in [0, 0.05) is 6.07 Å². The first-order valence-electron chi connectivity index (χ1n) is 6.46. The Labute approximate surface area is 115 Å². The summed E-state index contributed by atoms with van der Waals surface area (Å²) in [6.45, 7) is 6.32. The predicted octanol–water partition coefficient (Wildman–Crippen LogP) is 3.16. The number of carbonyl (C=O) groups is 1. The Morgan fingerprint density at radius 1 is 1.15 bits per heavy atom. The zero-order valence-corrected chi connectivity index (χ0v) is 11.6. The Morgan fingerprint density at radius 2 is 1.90 bits per heavy atom. The van der Waals surface area contributed by atoms with Crippen LogP contribution in [0.25, 0.3) is 16.8 Å². The highest BCUT2D eigenvalue weighted by Crippen LogP contribution is 2.27. The van der Waals surface area contributed by atoms with Gasteiger partial charge in [-0.1, -0.05) is 26.8 Å². The highest BCUT2D eigenvalue weighted by atomic mass is 16.3. The standard InChI is InChI=1S/C16H15NO3/c1-16(2,3)11-5-6-13-12(8-11)17-14(20-13)7-4-10(9-18)15(17)19/h4-9H,1-3H3. The van der Waals surface area contributed by atoms with E-state index < -0.39 is 0 Å². The Hall–Kier alpha value is -2.36. The average molecular weight is 269 g/mol. The maximum absolute atomic E-state index is 12.3. The molecule has 0 atom stereocenters. The summed E-state index contributed by atoms with van der Waals surface area (Å²) in [6, 6.07) is 8.93. The van der Waals surface area contributed by atoms with E-state index in [0.29, 0.717) is 23.1 Å². The summed E-state index contributed by atoms with van der Waals surface area (Å²) in [4.78, 5) is 23.2. The van der Waals surface area contributed by atoms with Gasteiger partial charge in [0.1, 0.15) is 0 Å². The van der Waals surface area contributed by atoms with Crippen LogP contribution in [0.2, 0.25) is 0 Å². The Morgan fingerprint density at radius 3 is 2.55 bits per heavy atom. The molecule has 3 aromatic rings. The predicted molar refractivity (Wildman–Crippen MR) is 77.5 cm³/mol. The molecule has 4 heteroatoms. The third-order valence-electron chi connectivity index (χ3n) is 3.48. The van der Waals surface area contributed by atoms with Crippen LogP contribution in [0, 0.1) is 0 Å². The number of hydrogen-bond acceptors (Lipinski definition) is 3. The van der Waals surface area contributed by atoms with Crippen molar-refractivity contribution in [2.24, 2.45) is 0 Å². The monoisotopic (exact) mass is 269 g/mol. The molecule has 1 aromatic carbocycles. The van der Waals surface area contributed by atoms with Crippen LogP contribution in [0.15, 0.2) is 39.5 Å². The minimum Gasteiger partial charge on any atom is -0.438 e. The Balaban J connectivity index is 2.46. The van der Waals surface area contributed by atoms with E-state index >= 15 is 0 Å². The molecule has 0 saturated carbocycles. The molecule has 0 bridgehead atoms. The lowest BCUT2D eigenvalue weighted by Gasteiger charge is -2.18. The number of rotatable bonds is 1. The second-order valence-corrected chi connectivity index (χ2v) is 5.92. The second kappa shape index (κ2) is 4.07. The van der Waals surface area contributed by atoms with E-state index in [0.717, 1.165) is 5.56 Å². The Bertz CT molecular complexity index is 878. The number of carbonyl (C=O) groups excluding carboxylic acids is 1. The SMILES string of the molecule is CC(C)(C)c1ccc2oc3ccc(C=O)c(=O)n3c2c1. The van der Waals surface area contributed by atoms with Crippen LogP contribution < -0.4 is 5.56 Å². The van der Waals surface area contributed by atoms with Gasteiger partial charge in [0.2, 0.25) is 5.71 Å². The van der Waals surface area contributed by atoms with Crippen molar-refractivity contribution < 1.29 is 9.21 Å². The molecule has 0 aliphatic carbocycles. The van der Waals surface area contributed by atoms with Gasteiger partial charge in [-0.2, -0.15) is 0 Å². The molecule has 0 radical (unpaired) electrons. The normalized spacial score (nSPS) is 12.2. The summed E-state index contributed by atoms with van der Waals surface area (Å²) in [6.07, 6.45) is 0.571. The fourth-order valence-corrected chi connectivity index (χ4v) is 2.29. The van der Waals surface area contributed by atoms with Crippen molar-refractivity contribution in [1.29, 1.82) is 0 Å². The van der Waals surface area contributed by atoms with Crippen molar-refractivity contribution in [3.8, 4) is 0 Å². The van der Waals surface area contributed by atoms with Gasteiger partial charge in [-0.25, -0.2) is 4.40 Å². The number of benzene rings is 1. The van der Waals surface area contributed by atoms with Gasteiger partial charge in [0.15, 0.2) is 11.9 Å². The smallest absolute Gasteiger partial charge is 0.268 e. The maximum Gasteiger partial charge on any atom is 0.268 e. The molecule has 0 amide bonds. The lowest BCUT2D eigenvalue weighted by atomic mass is 9.87. The molecule has 0 spiro atoms. The third kappa shape index (κ3) is 1.76. The lowest BCUT2D eigenvalue weighted by molar-refractivity contribution is 0.112. The van der Waals surface area contributed by atoms with Crippen molar-refractivity contribution in [2.45, 2.75) is 26.2 Å². The summed E-state index contributed by atoms with van der Waals surface area (Å²) < 4.78 is 7.10. The number of oxazole rings is 1. The Kier molecular flexibility index (Phi) is 2.57. The van der Waals surface area contributed by atoms with Crippen LogP contribution in [-0.2, 0) is 5.41 Å². The molecule has 20 heavy (non-hydrogen) atoms. The summed E-state index contributed by atoms with van der Waals surface area (Å²) >= 11 is 0. The van der Waals surface area contributed by atoms with Crippen molar-refractivity contribution in [2.75, 3.05) is 0 Å². The van der Waals surface area contributed by atoms with E-state index in [4.69, 9.17) is 4.42 Å². The zero-order valence-electron chi connectivity index (χ0n) is 11.6. The average Bonchev–Trinajstić information content (AvgIpc) is 2.76. The second-order valence-electron chi connectivity index (χ2n) is 5.92. The number of aldehydes is 1. The molecule has 2 heterocycles. The van der Waals surface area contributed by atoms with Crippen LogP contribution >= 0.6 is 0 Å². The van der Waals surface area contributed by atoms with Gasteiger partial charge in [-0.3, -0.25) is 9.59 Å². The van der Waals surface area contributed by atoms with Crippen LogP contribution in [-0.4, -0.2) is 10.7 Å². The molecule has 0 aliphatic rings. The van der Waals surface area contributed by atoms with Crippen molar-refractivity contribution >= 4 is 23.1 Å². The molecular weight excluding hydrogens is 254 g/mol. The third-order valence-corrected chi connectivity index (χ3v) is 3.48. The van der Waals surface area contributed by atoms with Gasteiger partial charge < -0.3 is 4.42 Å². The van der Waals surface area contributed by atoms with E-state index in [-0.39, 0.29) is 16.5 Å².